The Balaban J connectivity index is 1.47. The Morgan fingerprint density at radius 1 is 1.10 bits per heavy atom. The number of hydrogen-bond donors (Lipinski definition) is 1. The average Bonchev–Trinajstić information content (AvgIpc) is 3.22. The fraction of sp³-hybridized carbons (Fsp3) is 0.0476. The van der Waals surface area contributed by atoms with E-state index in [2.05, 4.69) is 15.3 Å². The number of rotatable bonds is 5. The van der Waals surface area contributed by atoms with Gasteiger partial charge in [0.2, 0.25) is 9.84 Å². The van der Waals surface area contributed by atoms with Gasteiger partial charge in [0.1, 0.15) is 0 Å². The van der Waals surface area contributed by atoms with Crippen molar-refractivity contribution in [3.63, 3.8) is 0 Å². The monoisotopic (exact) mass is 418 g/mol. The minimum Gasteiger partial charge on any atom is -0.449 e. The molecule has 0 aliphatic heterocycles. The number of carbonyl (C=O) groups excluding carboxylic acids is 1. The van der Waals surface area contributed by atoms with Crippen molar-refractivity contribution in [2.24, 2.45) is 0 Å². The van der Waals surface area contributed by atoms with Crippen LogP contribution in [0.15, 0.2) is 81.3 Å². The van der Waals surface area contributed by atoms with Crippen molar-refractivity contribution >= 4 is 26.7 Å². The molecule has 0 bridgehead atoms. The zero-order valence-electron chi connectivity index (χ0n) is 15.4. The van der Waals surface area contributed by atoms with Gasteiger partial charge < -0.3 is 9.73 Å². The van der Waals surface area contributed by atoms with Crippen LogP contribution in [0.4, 0.5) is 0 Å². The molecule has 4 rings (SSSR count). The Morgan fingerprint density at radius 2 is 1.97 bits per heavy atom. The lowest BCUT2D eigenvalue weighted by Gasteiger charge is -2.06. The molecule has 0 saturated carbocycles. The van der Waals surface area contributed by atoms with Crippen LogP contribution in [-0.2, 0) is 16.4 Å². The number of pyridine rings is 2. The number of furan rings is 1. The molecule has 0 fully saturated rings. The summed E-state index contributed by atoms with van der Waals surface area (Å²) in [4.78, 5) is 20.4. The second-order valence-corrected chi connectivity index (χ2v) is 8.28. The number of hydrogen-bond acceptors (Lipinski definition) is 7. The van der Waals surface area contributed by atoms with E-state index in [9.17, 15) is 13.2 Å². The van der Waals surface area contributed by atoms with Crippen LogP contribution in [-0.4, -0.2) is 24.3 Å². The lowest BCUT2D eigenvalue weighted by molar-refractivity contribution is 0.0925. The van der Waals surface area contributed by atoms with E-state index in [-0.39, 0.29) is 27.7 Å². The molecule has 0 saturated heterocycles. The van der Waals surface area contributed by atoms with E-state index in [4.69, 9.17) is 9.68 Å². The number of aromatic nitrogens is 2. The van der Waals surface area contributed by atoms with Gasteiger partial charge in [0.05, 0.1) is 39.9 Å². The van der Waals surface area contributed by atoms with Crippen molar-refractivity contribution in [2.45, 2.75) is 16.3 Å². The molecule has 0 aliphatic carbocycles. The van der Waals surface area contributed by atoms with Crippen LogP contribution < -0.4 is 5.32 Å². The molecule has 30 heavy (non-hydrogen) atoms. The highest BCUT2D eigenvalue weighted by molar-refractivity contribution is 7.91. The van der Waals surface area contributed by atoms with Crippen molar-refractivity contribution in [3.05, 3.63) is 84.1 Å². The van der Waals surface area contributed by atoms with Crippen LogP contribution in [0, 0.1) is 11.3 Å². The Kier molecular flexibility index (Phi) is 5.00. The quantitative estimate of drug-likeness (QED) is 0.528. The number of benzene rings is 1. The summed E-state index contributed by atoms with van der Waals surface area (Å²) in [6.45, 7) is 0.0956. The average molecular weight is 418 g/mol. The predicted octanol–water partition coefficient (Wildman–Crippen LogP) is 2.86. The van der Waals surface area contributed by atoms with Crippen molar-refractivity contribution in [2.75, 3.05) is 0 Å². The molecule has 1 amide bonds. The van der Waals surface area contributed by atoms with Gasteiger partial charge in [-0.1, -0.05) is 6.07 Å². The van der Waals surface area contributed by atoms with Crippen molar-refractivity contribution in [3.8, 4) is 6.07 Å². The SMILES string of the molecule is N#Cc1cccc(S(=O)(=O)c2ccc(CNC(=O)c3cc4ccncc4o3)nc2)c1. The van der Waals surface area contributed by atoms with Gasteiger partial charge in [0.15, 0.2) is 11.3 Å². The van der Waals surface area contributed by atoms with Crippen LogP contribution in [0.2, 0.25) is 0 Å². The zero-order chi connectivity index (χ0) is 21.1. The molecule has 3 aromatic heterocycles. The van der Waals surface area contributed by atoms with Gasteiger partial charge in [-0.05, 0) is 42.5 Å². The van der Waals surface area contributed by atoms with E-state index < -0.39 is 15.7 Å². The van der Waals surface area contributed by atoms with Gasteiger partial charge in [0, 0.05) is 17.8 Å². The van der Waals surface area contributed by atoms with E-state index in [0.717, 1.165) is 5.39 Å². The first kappa shape index (κ1) is 19.3. The van der Waals surface area contributed by atoms with Gasteiger partial charge in [-0.15, -0.1) is 0 Å². The highest BCUT2D eigenvalue weighted by Crippen LogP contribution is 2.21. The highest BCUT2D eigenvalue weighted by Gasteiger charge is 2.19. The number of amides is 1. The maximum absolute atomic E-state index is 12.7. The van der Waals surface area contributed by atoms with Crippen LogP contribution in [0.25, 0.3) is 11.0 Å². The Morgan fingerprint density at radius 3 is 2.70 bits per heavy atom. The number of nitriles is 1. The second-order valence-electron chi connectivity index (χ2n) is 6.34. The molecule has 0 aliphatic rings. The van der Waals surface area contributed by atoms with Gasteiger partial charge >= 0.3 is 0 Å². The summed E-state index contributed by atoms with van der Waals surface area (Å²) in [5.41, 5.74) is 1.24. The molecule has 8 nitrogen and oxygen atoms in total. The third-order valence-electron chi connectivity index (χ3n) is 4.36. The molecule has 0 atom stereocenters. The molecule has 1 aromatic carbocycles. The number of nitrogens with zero attached hydrogens (tertiary/aromatic N) is 3. The van der Waals surface area contributed by atoms with Crippen LogP contribution >= 0.6 is 0 Å². The maximum Gasteiger partial charge on any atom is 0.287 e. The molecule has 1 N–H and O–H groups in total. The number of nitrogens with one attached hydrogen (secondary N) is 1. The van der Waals surface area contributed by atoms with E-state index in [1.54, 1.807) is 18.3 Å². The molecule has 0 unspecified atom stereocenters. The summed E-state index contributed by atoms with van der Waals surface area (Å²) >= 11 is 0. The molecule has 9 heteroatoms. The summed E-state index contributed by atoms with van der Waals surface area (Å²) in [5.74, 6) is -0.271. The summed E-state index contributed by atoms with van der Waals surface area (Å²) in [7, 11) is -3.80. The van der Waals surface area contributed by atoms with Gasteiger partial charge in [0.25, 0.3) is 5.91 Å². The number of sulfone groups is 1. The van der Waals surface area contributed by atoms with E-state index >= 15 is 0 Å². The Bertz CT molecular complexity index is 1350. The summed E-state index contributed by atoms with van der Waals surface area (Å²) in [5, 5.41) is 12.4. The first-order valence-electron chi connectivity index (χ1n) is 8.79. The van der Waals surface area contributed by atoms with E-state index in [1.807, 2.05) is 6.07 Å². The summed E-state index contributed by atoms with van der Waals surface area (Å²) in [6.07, 6.45) is 4.36. The standard InChI is InChI=1S/C21H14N4O4S/c22-10-14-2-1-3-17(8-14)30(27,28)18-5-4-16(24-12-18)11-25-21(26)19-9-15-6-7-23-13-20(15)29-19/h1-9,12-13H,11H2,(H,25,26). The van der Waals surface area contributed by atoms with Crippen molar-refractivity contribution < 1.29 is 17.6 Å². The zero-order valence-corrected chi connectivity index (χ0v) is 16.3. The molecular weight excluding hydrogens is 404 g/mol. The lowest BCUT2D eigenvalue weighted by atomic mass is 10.2. The molecule has 148 valence electrons. The lowest BCUT2D eigenvalue weighted by Crippen LogP contribution is -2.22. The second kappa shape index (κ2) is 7.77. The molecular formula is C21H14N4O4S. The van der Waals surface area contributed by atoms with Crippen molar-refractivity contribution in [1.82, 2.24) is 15.3 Å². The van der Waals surface area contributed by atoms with Gasteiger partial charge in [-0.2, -0.15) is 5.26 Å². The molecule has 0 radical (unpaired) electrons. The molecule has 0 spiro atoms. The first-order chi connectivity index (χ1) is 14.5. The van der Waals surface area contributed by atoms with Gasteiger partial charge in [-0.25, -0.2) is 8.42 Å². The minimum absolute atomic E-state index is 0.00236. The topological polar surface area (TPSA) is 126 Å². The fourth-order valence-corrected chi connectivity index (χ4v) is 4.05. The third-order valence-corrected chi connectivity index (χ3v) is 6.09. The summed E-state index contributed by atoms with van der Waals surface area (Å²) in [6, 6.07) is 14.0. The largest absolute Gasteiger partial charge is 0.449 e. The van der Waals surface area contributed by atoms with Crippen LogP contribution in [0.3, 0.4) is 0 Å². The summed E-state index contributed by atoms with van der Waals surface area (Å²) < 4.78 is 30.9. The molecule has 4 aromatic rings. The minimum atomic E-state index is -3.80. The van der Waals surface area contributed by atoms with Crippen LogP contribution in [0.1, 0.15) is 21.8 Å². The third kappa shape index (κ3) is 3.76. The number of carbonyl (C=O) groups is 1. The van der Waals surface area contributed by atoms with Crippen molar-refractivity contribution in [1.29, 1.82) is 5.26 Å². The van der Waals surface area contributed by atoms with Gasteiger partial charge in [-0.3, -0.25) is 14.8 Å². The number of fused-ring (bicyclic) bond motifs is 1. The molecule has 3 heterocycles. The van der Waals surface area contributed by atoms with E-state index in [0.29, 0.717) is 11.3 Å². The Labute approximate surface area is 171 Å². The maximum atomic E-state index is 12.7. The first-order valence-corrected chi connectivity index (χ1v) is 10.3. The Hall–Kier alpha value is -4.03. The van der Waals surface area contributed by atoms with Crippen LogP contribution in [0.5, 0.6) is 0 Å². The smallest absolute Gasteiger partial charge is 0.287 e. The van der Waals surface area contributed by atoms with E-state index in [1.165, 1.54) is 48.8 Å². The normalized spacial score (nSPS) is 11.2. The predicted molar refractivity (Wildman–Crippen MR) is 106 cm³/mol. The highest BCUT2D eigenvalue weighted by atomic mass is 32.2. The fourth-order valence-electron chi connectivity index (χ4n) is 2.80.